The van der Waals surface area contributed by atoms with Crippen molar-refractivity contribution in [1.29, 1.82) is 0 Å². The molecule has 0 saturated heterocycles. The van der Waals surface area contributed by atoms with Crippen LogP contribution in [-0.2, 0) is 11.3 Å². The molecule has 2 aromatic rings. The van der Waals surface area contributed by atoms with E-state index < -0.39 is 6.04 Å². The van der Waals surface area contributed by atoms with Crippen LogP contribution < -0.4 is 10.6 Å². The van der Waals surface area contributed by atoms with Crippen LogP contribution in [0.5, 0.6) is 0 Å². The largest absolute Gasteiger partial charge is 0.467 e. The Labute approximate surface area is 130 Å². The molecular formula is C15H15BrN2O3. The van der Waals surface area contributed by atoms with Crippen molar-refractivity contribution in [3.8, 4) is 0 Å². The van der Waals surface area contributed by atoms with Crippen LogP contribution in [0.3, 0.4) is 0 Å². The summed E-state index contributed by atoms with van der Waals surface area (Å²) in [5.74, 6) is 0.0857. The molecule has 0 fully saturated rings. The number of benzene rings is 1. The summed E-state index contributed by atoms with van der Waals surface area (Å²) in [6.07, 6.45) is 1.54. The van der Waals surface area contributed by atoms with E-state index in [0.29, 0.717) is 22.3 Å². The van der Waals surface area contributed by atoms with Gasteiger partial charge >= 0.3 is 0 Å². The number of carbonyl (C=O) groups excluding carboxylic acids is 2. The monoisotopic (exact) mass is 350 g/mol. The molecule has 0 saturated carbocycles. The lowest BCUT2D eigenvalue weighted by molar-refractivity contribution is -0.122. The summed E-state index contributed by atoms with van der Waals surface area (Å²) in [6, 6.07) is 9.93. The van der Waals surface area contributed by atoms with Crippen LogP contribution in [0.25, 0.3) is 0 Å². The van der Waals surface area contributed by atoms with E-state index in [1.54, 1.807) is 43.5 Å². The molecule has 1 heterocycles. The zero-order valence-electron chi connectivity index (χ0n) is 11.4. The minimum absolute atomic E-state index is 0.271. The summed E-state index contributed by atoms with van der Waals surface area (Å²) >= 11 is 3.31. The molecule has 5 nitrogen and oxygen atoms in total. The Morgan fingerprint density at radius 2 is 2.00 bits per heavy atom. The molecule has 1 aromatic carbocycles. The number of furan rings is 1. The molecule has 0 aliphatic carbocycles. The van der Waals surface area contributed by atoms with E-state index in [4.69, 9.17) is 4.42 Å². The maximum Gasteiger partial charge on any atom is 0.253 e. The first kappa shape index (κ1) is 15.3. The number of nitrogens with one attached hydrogen (secondary N) is 2. The van der Waals surface area contributed by atoms with Gasteiger partial charge in [-0.25, -0.2) is 0 Å². The molecule has 0 aliphatic rings. The fourth-order valence-corrected chi connectivity index (χ4v) is 2.19. The molecule has 0 radical (unpaired) electrons. The zero-order valence-corrected chi connectivity index (χ0v) is 13.0. The second-order valence-electron chi connectivity index (χ2n) is 4.47. The quantitative estimate of drug-likeness (QED) is 0.869. The third kappa shape index (κ3) is 4.19. The number of amides is 2. The van der Waals surface area contributed by atoms with E-state index in [1.165, 1.54) is 0 Å². The summed E-state index contributed by atoms with van der Waals surface area (Å²) in [7, 11) is 0. The second kappa shape index (κ2) is 7.08. The topological polar surface area (TPSA) is 71.3 Å². The molecule has 0 aliphatic heterocycles. The lowest BCUT2D eigenvalue weighted by Crippen LogP contribution is -2.44. The maximum absolute atomic E-state index is 12.1. The summed E-state index contributed by atoms with van der Waals surface area (Å²) in [5, 5.41) is 5.35. The molecule has 21 heavy (non-hydrogen) atoms. The number of rotatable bonds is 5. The van der Waals surface area contributed by atoms with Crippen molar-refractivity contribution >= 4 is 27.7 Å². The molecule has 0 spiro atoms. The fourth-order valence-electron chi connectivity index (χ4n) is 1.73. The molecular weight excluding hydrogens is 336 g/mol. The maximum atomic E-state index is 12.1. The highest BCUT2D eigenvalue weighted by Crippen LogP contribution is 2.15. The number of hydrogen-bond acceptors (Lipinski definition) is 3. The van der Waals surface area contributed by atoms with Crippen LogP contribution in [0.4, 0.5) is 0 Å². The predicted molar refractivity (Wildman–Crippen MR) is 81.6 cm³/mol. The molecule has 2 amide bonds. The van der Waals surface area contributed by atoms with Gasteiger partial charge in [-0.15, -0.1) is 0 Å². The normalized spacial score (nSPS) is 11.7. The van der Waals surface area contributed by atoms with Gasteiger partial charge in [0.15, 0.2) is 0 Å². The highest BCUT2D eigenvalue weighted by molar-refractivity contribution is 9.10. The molecule has 2 N–H and O–H groups in total. The molecule has 110 valence electrons. The minimum Gasteiger partial charge on any atom is -0.467 e. The number of halogens is 1. The van der Waals surface area contributed by atoms with E-state index in [9.17, 15) is 9.59 Å². The van der Waals surface area contributed by atoms with Crippen molar-refractivity contribution in [2.45, 2.75) is 19.5 Å². The van der Waals surface area contributed by atoms with Crippen LogP contribution in [0.1, 0.15) is 23.0 Å². The Kier molecular flexibility index (Phi) is 5.16. The molecule has 1 atom stereocenters. The molecule has 6 heteroatoms. The highest BCUT2D eigenvalue weighted by atomic mass is 79.9. The van der Waals surface area contributed by atoms with E-state index in [-0.39, 0.29) is 11.8 Å². The Hall–Kier alpha value is -2.08. The molecule has 1 aromatic heterocycles. The van der Waals surface area contributed by atoms with Crippen LogP contribution in [0.2, 0.25) is 0 Å². The van der Waals surface area contributed by atoms with Gasteiger partial charge in [0.2, 0.25) is 5.91 Å². The van der Waals surface area contributed by atoms with E-state index in [0.717, 1.165) is 0 Å². The van der Waals surface area contributed by atoms with Gasteiger partial charge in [0.25, 0.3) is 5.91 Å². The number of carbonyl (C=O) groups is 2. The highest BCUT2D eigenvalue weighted by Gasteiger charge is 2.17. The van der Waals surface area contributed by atoms with E-state index in [1.807, 2.05) is 6.07 Å². The van der Waals surface area contributed by atoms with Crippen molar-refractivity contribution < 1.29 is 14.0 Å². The van der Waals surface area contributed by atoms with Gasteiger partial charge in [-0.05, 0) is 47.1 Å². The summed E-state index contributed by atoms with van der Waals surface area (Å²) < 4.78 is 5.81. The SMILES string of the molecule is C[C@@H](NC(=O)c1ccccc1Br)C(=O)NCc1ccco1. The summed E-state index contributed by atoms with van der Waals surface area (Å²) in [4.78, 5) is 24.0. The van der Waals surface area contributed by atoms with Crippen LogP contribution in [0.15, 0.2) is 51.6 Å². The van der Waals surface area contributed by atoms with Gasteiger partial charge in [-0.2, -0.15) is 0 Å². The van der Waals surface area contributed by atoms with Crippen molar-refractivity contribution in [2.75, 3.05) is 0 Å². The van der Waals surface area contributed by atoms with Crippen molar-refractivity contribution in [3.05, 3.63) is 58.5 Å². The predicted octanol–water partition coefficient (Wildman–Crippen LogP) is 2.48. The van der Waals surface area contributed by atoms with Gasteiger partial charge in [-0.3, -0.25) is 9.59 Å². The van der Waals surface area contributed by atoms with E-state index >= 15 is 0 Å². The minimum atomic E-state index is -0.639. The second-order valence-corrected chi connectivity index (χ2v) is 5.33. The summed E-state index contributed by atoms with van der Waals surface area (Å²) in [6.45, 7) is 1.92. The lowest BCUT2D eigenvalue weighted by atomic mass is 10.2. The average molecular weight is 351 g/mol. The van der Waals surface area contributed by atoms with Gasteiger partial charge in [0, 0.05) is 4.47 Å². The zero-order chi connectivity index (χ0) is 15.2. The van der Waals surface area contributed by atoms with Gasteiger partial charge in [0.1, 0.15) is 11.8 Å². The average Bonchev–Trinajstić information content (AvgIpc) is 2.98. The van der Waals surface area contributed by atoms with Gasteiger partial charge in [0.05, 0.1) is 18.4 Å². The first-order valence-corrected chi connectivity index (χ1v) is 7.22. The fraction of sp³-hybridized carbons (Fsp3) is 0.200. The Balaban J connectivity index is 1.88. The van der Waals surface area contributed by atoms with Gasteiger partial charge < -0.3 is 15.1 Å². The number of hydrogen-bond donors (Lipinski definition) is 2. The lowest BCUT2D eigenvalue weighted by Gasteiger charge is -2.14. The summed E-state index contributed by atoms with van der Waals surface area (Å²) in [5.41, 5.74) is 0.489. The van der Waals surface area contributed by atoms with Crippen LogP contribution >= 0.6 is 15.9 Å². The third-order valence-corrected chi connectivity index (χ3v) is 3.57. The Morgan fingerprint density at radius 1 is 1.24 bits per heavy atom. The molecule has 2 rings (SSSR count). The van der Waals surface area contributed by atoms with Crippen LogP contribution in [-0.4, -0.2) is 17.9 Å². The Morgan fingerprint density at radius 3 is 2.67 bits per heavy atom. The smallest absolute Gasteiger partial charge is 0.253 e. The molecule has 0 unspecified atom stereocenters. The Bertz CT molecular complexity index is 626. The first-order valence-electron chi connectivity index (χ1n) is 6.43. The van der Waals surface area contributed by atoms with Crippen LogP contribution in [0, 0.1) is 0 Å². The first-order chi connectivity index (χ1) is 10.1. The van der Waals surface area contributed by atoms with Crippen molar-refractivity contribution in [1.82, 2.24) is 10.6 Å². The standard InChI is InChI=1S/C15H15BrN2O3/c1-10(14(19)17-9-11-5-4-8-21-11)18-15(20)12-6-2-3-7-13(12)16/h2-8,10H,9H2,1H3,(H,17,19)(H,18,20)/t10-/m1/s1. The van der Waals surface area contributed by atoms with Crippen molar-refractivity contribution in [2.24, 2.45) is 0 Å². The molecule has 0 bridgehead atoms. The third-order valence-electron chi connectivity index (χ3n) is 2.88. The van der Waals surface area contributed by atoms with E-state index in [2.05, 4.69) is 26.6 Å². The van der Waals surface area contributed by atoms with Crippen molar-refractivity contribution in [3.63, 3.8) is 0 Å². The van der Waals surface area contributed by atoms with Gasteiger partial charge in [-0.1, -0.05) is 12.1 Å².